The molecule has 0 radical (unpaired) electrons. The molecule has 5 nitrogen and oxygen atoms in total. The van der Waals surface area contributed by atoms with Crippen LogP contribution in [-0.4, -0.2) is 55.2 Å². The van der Waals surface area contributed by atoms with Gasteiger partial charge in [0, 0.05) is 37.3 Å². The Morgan fingerprint density at radius 3 is 2.67 bits per heavy atom. The van der Waals surface area contributed by atoms with Crippen LogP contribution in [0.4, 0.5) is 5.13 Å². The second-order valence-electron chi connectivity index (χ2n) is 6.88. The molecule has 156 valence electrons. The zero-order valence-corrected chi connectivity index (χ0v) is 18.6. The quantitative estimate of drug-likeness (QED) is 0.485. The molecule has 1 amide bonds. The van der Waals surface area contributed by atoms with Crippen LogP contribution >= 0.6 is 34.5 Å². The Hall–Kier alpha value is -1.96. The van der Waals surface area contributed by atoms with Crippen molar-refractivity contribution in [1.82, 2.24) is 9.88 Å². The molecule has 1 fully saturated rings. The van der Waals surface area contributed by atoms with E-state index in [1.165, 1.54) is 11.3 Å². The van der Waals surface area contributed by atoms with Crippen LogP contribution in [0.5, 0.6) is 0 Å². The average Bonchev–Trinajstić information content (AvgIpc) is 3.19. The molecule has 1 aromatic heterocycles. The highest BCUT2D eigenvalue weighted by Crippen LogP contribution is 2.33. The lowest BCUT2D eigenvalue weighted by atomic mass is 10.2. The lowest BCUT2D eigenvalue weighted by molar-refractivity contribution is -0.114. The number of carbonyl (C=O) groups excluding carboxylic acids is 1. The van der Waals surface area contributed by atoms with Crippen molar-refractivity contribution in [2.24, 2.45) is 0 Å². The Morgan fingerprint density at radius 1 is 1.13 bits per heavy atom. The van der Waals surface area contributed by atoms with Gasteiger partial charge in [-0.2, -0.15) is 0 Å². The monoisotopic (exact) mass is 461 g/mol. The number of anilines is 1. The average molecular weight is 462 g/mol. The summed E-state index contributed by atoms with van der Waals surface area (Å²) in [6.45, 7) is 4.45. The Morgan fingerprint density at radius 2 is 1.90 bits per heavy atom. The number of hydrogen-bond donors (Lipinski definition) is 0. The van der Waals surface area contributed by atoms with Gasteiger partial charge in [0.25, 0.3) is 5.91 Å². The molecule has 2 aromatic carbocycles. The number of rotatable bonds is 6. The molecule has 0 unspecified atom stereocenters. The van der Waals surface area contributed by atoms with Gasteiger partial charge in [-0.15, -0.1) is 0 Å². The van der Waals surface area contributed by atoms with Gasteiger partial charge in [-0.3, -0.25) is 14.6 Å². The summed E-state index contributed by atoms with van der Waals surface area (Å²) in [5, 5.41) is 1.83. The zero-order valence-electron chi connectivity index (χ0n) is 16.3. The number of ether oxygens (including phenoxy) is 1. The molecule has 4 rings (SSSR count). The third-order valence-corrected chi connectivity index (χ3v) is 6.60. The van der Waals surface area contributed by atoms with E-state index in [4.69, 9.17) is 27.9 Å². The van der Waals surface area contributed by atoms with Crippen LogP contribution in [0.3, 0.4) is 0 Å². The van der Waals surface area contributed by atoms with Crippen LogP contribution < -0.4 is 4.90 Å². The van der Waals surface area contributed by atoms with Crippen LogP contribution in [0.25, 0.3) is 16.3 Å². The van der Waals surface area contributed by atoms with Gasteiger partial charge in [0.05, 0.1) is 22.9 Å². The van der Waals surface area contributed by atoms with Crippen molar-refractivity contribution >= 4 is 61.9 Å². The number of carbonyl (C=O) groups is 1. The van der Waals surface area contributed by atoms with E-state index in [1.807, 2.05) is 36.4 Å². The van der Waals surface area contributed by atoms with Crippen molar-refractivity contribution in [3.63, 3.8) is 0 Å². The number of amides is 1. The van der Waals surface area contributed by atoms with Crippen molar-refractivity contribution < 1.29 is 9.53 Å². The SMILES string of the molecule is O=C(/C=C/c1ccccc1Cl)N(CCN1CCOCC1)c1nc2c(Cl)cccc2s1. The molecule has 0 spiro atoms. The Balaban J connectivity index is 1.59. The molecule has 1 aliphatic rings. The van der Waals surface area contributed by atoms with E-state index in [1.54, 1.807) is 23.1 Å². The molecular formula is C22H21Cl2N3O2S. The second kappa shape index (κ2) is 9.90. The normalized spacial score (nSPS) is 15.1. The van der Waals surface area contributed by atoms with Crippen molar-refractivity contribution in [2.75, 3.05) is 44.3 Å². The minimum atomic E-state index is -0.140. The maximum atomic E-state index is 13.1. The number of thiazole rings is 1. The molecule has 0 bridgehead atoms. The molecule has 30 heavy (non-hydrogen) atoms. The molecule has 0 N–H and O–H groups in total. The molecule has 1 saturated heterocycles. The number of halogens is 2. The van der Waals surface area contributed by atoms with E-state index >= 15 is 0 Å². The summed E-state index contributed by atoms with van der Waals surface area (Å²) >= 11 is 14.0. The van der Waals surface area contributed by atoms with Gasteiger partial charge in [0.15, 0.2) is 5.13 Å². The number of fused-ring (bicyclic) bond motifs is 1. The maximum Gasteiger partial charge on any atom is 0.252 e. The van der Waals surface area contributed by atoms with Crippen molar-refractivity contribution in [1.29, 1.82) is 0 Å². The summed E-state index contributed by atoms with van der Waals surface area (Å²) in [4.78, 5) is 21.8. The van der Waals surface area contributed by atoms with Gasteiger partial charge >= 0.3 is 0 Å². The first-order valence-electron chi connectivity index (χ1n) is 9.71. The lowest BCUT2D eigenvalue weighted by Crippen LogP contribution is -2.42. The fraction of sp³-hybridized carbons (Fsp3) is 0.273. The molecule has 8 heteroatoms. The highest BCUT2D eigenvalue weighted by Gasteiger charge is 2.20. The summed E-state index contributed by atoms with van der Waals surface area (Å²) in [7, 11) is 0. The summed E-state index contributed by atoms with van der Waals surface area (Å²) in [6.07, 6.45) is 3.29. The lowest BCUT2D eigenvalue weighted by Gasteiger charge is -2.28. The van der Waals surface area contributed by atoms with E-state index in [2.05, 4.69) is 9.88 Å². The molecule has 2 heterocycles. The molecule has 0 saturated carbocycles. The highest BCUT2D eigenvalue weighted by atomic mass is 35.5. The minimum absolute atomic E-state index is 0.140. The Labute approximate surface area is 189 Å². The number of benzene rings is 2. The van der Waals surface area contributed by atoms with Crippen molar-refractivity contribution in [2.45, 2.75) is 0 Å². The van der Waals surface area contributed by atoms with E-state index in [-0.39, 0.29) is 5.91 Å². The molecule has 0 atom stereocenters. The summed E-state index contributed by atoms with van der Waals surface area (Å²) in [6, 6.07) is 13.1. The minimum Gasteiger partial charge on any atom is -0.379 e. The Kier molecular flexibility index (Phi) is 7.02. The number of morpholine rings is 1. The van der Waals surface area contributed by atoms with Gasteiger partial charge in [-0.1, -0.05) is 58.8 Å². The first kappa shape index (κ1) is 21.3. The smallest absolute Gasteiger partial charge is 0.252 e. The molecule has 3 aromatic rings. The fourth-order valence-electron chi connectivity index (χ4n) is 3.25. The van der Waals surface area contributed by atoms with Gasteiger partial charge in [0.1, 0.15) is 5.52 Å². The van der Waals surface area contributed by atoms with E-state index in [0.29, 0.717) is 21.7 Å². The standard InChI is InChI=1S/C22H21Cl2N3O2S/c23-17-5-2-1-4-16(17)8-9-20(28)27(11-10-26-12-14-29-15-13-26)22-25-21-18(24)6-3-7-19(21)30-22/h1-9H,10-15H2/b9-8+. The summed E-state index contributed by atoms with van der Waals surface area (Å²) in [5.74, 6) is -0.140. The predicted molar refractivity (Wildman–Crippen MR) is 125 cm³/mol. The zero-order chi connectivity index (χ0) is 20.9. The number of nitrogens with zero attached hydrogens (tertiary/aromatic N) is 3. The van der Waals surface area contributed by atoms with Gasteiger partial charge in [-0.25, -0.2) is 4.98 Å². The van der Waals surface area contributed by atoms with Crippen molar-refractivity contribution in [3.05, 3.63) is 64.1 Å². The maximum absolute atomic E-state index is 13.1. The predicted octanol–water partition coefficient (Wildman–Crippen LogP) is 4.98. The number of para-hydroxylation sites is 1. The first-order valence-corrected chi connectivity index (χ1v) is 11.3. The van der Waals surface area contributed by atoms with Crippen LogP contribution in [0.1, 0.15) is 5.56 Å². The van der Waals surface area contributed by atoms with Crippen molar-refractivity contribution in [3.8, 4) is 0 Å². The van der Waals surface area contributed by atoms with Crippen LogP contribution in [0, 0.1) is 0 Å². The topological polar surface area (TPSA) is 45.7 Å². The third-order valence-electron chi connectivity index (χ3n) is 4.91. The molecule has 1 aliphatic heterocycles. The van der Waals surface area contributed by atoms with Crippen LogP contribution in [0.15, 0.2) is 48.5 Å². The largest absolute Gasteiger partial charge is 0.379 e. The molecular weight excluding hydrogens is 441 g/mol. The number of aromatic nitrogens is 1. The third kappa shape index (κ3) is 5.02. The van der Waals surface area contributed by atoms with E-state index in [0.717, 1.165) is 48.6 Å². The van der Waals surface area contributed by atoms with Gasteiger partial charge in [0.2, 0.25) is 0 Å². The van der Waals surface area contributed by atoms with Gasteiger partial charge in [-0.05, 0) is 29.8 Å². The van der Waals surface area contributed by atoms with Crippen LogP contribution in [-0.2, 0) is 9.53 Å². The summed E-state index contributed by atoms with van der Waals surface area (Å²) < 4.78 is 6.37. The summed E-state index contributed by atoms with van der Waals surface area (Å²) in [5.41, 5.74) is 1.52. The van der Waals surface area contributed by atoms with E-state index < -0.39 is 0 Å². The fourth-order valence-corrected chi connectivity index (χ4v) is 4.74. The van der Waals surface area contributed by atoms with Crippen LogP contribution in [0.2, 0.25) is 10.0 Å². The highest BCUT2D eigenvalue weighted by molar-refractivity contribution is 7.22. The Bertz CT molecular complexity index is 1060. The second-order valence-corrected chi connectivity index (χ2v) is 8.71. The van der Waals surface area contributed by atoms with Gasteiger partial charge < -0.3 is 4.74 Å². The number of hydrogen-bond acceptors (Lipinski definition) is 5. The molecule has 0 aliphatic carbocycles. The first-order chi connectivity index (χ1) is 14.6. The van der Waals surface area contributed by atoms with E-state index in [9.17, 15) is 4.79 Å².